The molecule has 1 aliphatic heterocycles. The first kappa shape index (κ1) is 13.5. The maximum Gasteiger partial charge on any atom is 0.135 e. The highest BCUT2D eigenvalue weighted by atomic mass is 35.5. The molecule has 1 aromatic heterocycles. The van der Waals surface area contributed by atoms with Gasteiger partial charge in [-0.3, -0.25) is 0 Å². The van der Waals surface area contributed by atoms with E-state index >= 15 is 0 Å². The SMILES string of the molecule is CC1(C)CCN(c2cc(Cl)nc(C3CC3)n2)CCS1. The van der Waals surface area contributed by atoms with E-state index in [4.69, 9.17) is 16.6 Å². The topological polar surface area (TPSA) is 29.0 Å². The molecule has 0 spiro atoms. The lowest BCUT2D eigenvalue weighted by Gasteiger charge is -2.23. The van der Waals surface area contributed by atoms with Gasteiger partial charge in [0.25, 0.3) is 0 Å². The Labute approximate surface area is 124 Å². The van der Waals surface area contributed by atoms with Crippen molar-refractivity contribution in [2.75, 3.05) is 23.7 Å². The van der Waals surface area contributed by atoms with Crippen molar-refractivity contribution in [2.24, 2.45) is 0 Å². The molecule has 2 fully saturated rings. The number of nitrogens with zero attached hydrogens (tertiary/aromatic N) is 3. The van der Waals surface area contributed by atoms with E-state index in [1.54, 1.807) is 0 Å². The lowest BCUT2D eigenvalue weighted by molar-refractivity contribution is 0.634. The van der Waals surface area contributed by atoms with Crippen LogP contribution in [0.4, 0.5) is 5.82 Å². The number of hydrogen-bond acceptors (Lipinski definition) is 4. The third kappa shape index (κ3) is 3.34. The first-order chi connectivity index (χ1) is 9.03. The van der Waals surface area contributed by atoms with Gasteiger partial charge in [0.05, 0.1) is 0 Å². The van der Waals surface area contributed by atoms with Gasteiger partial charge in [0.15, 0.2) is 0 Å². The van der Waals surface area contributed by atoms with Crippen LogP contribution in [0.5, 0.6) is 0 Å². The molecule has 3 nitrogen and oxygen atoms in total. The third-order valence-electron chi connectivity index (χ3n) is 3.80. The van der Waals surface area contributed by atoms with Crippen LogP contribution in [-0.4, -0.2) is 33.6 Å². The molecule has 0 bridgehead atoms. The van der Waals surface area contributed by atoms with Crippen molar-refractivity contribution in [3.05, 3.63) is 17.0 Å². The maximum absolute atomic E-state index is 6.15. The molecule has 2 heterocycles. The van der Waals surface area contributed by atoms with Crippen LogP contribution in [-0.2, 0) is 0 Å². The average molecular weight is 298 g/mol. The average Bonchev–Trinajstić information content (AvgIpc) is 3.15. The van der Waals surface area contributed by atoms with Crippen molar-refractivity contribution in [3.63, 3.8) is 0 Å². The van der Waals surface area contributed by atoms with E-state index in [0.29, 0.717) is 15.8 Å². The molecule has 5 heteroatoms. The fourth-order valence-corrected chi connectivity index (χ4v) is 3.64. The molecule has 2 aliphatic rings. The summed E-state index contributed by atoms with van der Waals surface area (Å²) in [6.45, 7) is 6.75. The van der Waals surface area contributed by atoms with Crippen molar-refractivity contribution in [1.82, 2.24) is 9.97 Å². The predicted octanol–water partition coefficient (Wildman–Crippen LogP) is 3.73. The zero-order valence-corrected chi connectivity index (χ0v) is 13.1. The Morgan fingerprint density at radius 3 is 2.84 bits per heavy atom. The number of rotatable bonds is 2. The summed E-state index contributed by atoms with van der Waals surface area (Å²) >= 11 is 8.20. The first-order valence-corrected chi connectivity index (χ1v) is 8.33. The lowest BCUT2D eigenvalue weighted by atomic mass is 10.1. The van der Waals surface area contributed by atoms with E-state index in [1.165, 1.54) is 19.3 Å². The molecule has 0 amide bonds. The summed E-state index contributed by atoms with van der Waals surface area (Å²) in [5, 5.41) is 0.586. The lowest BCUT2D eigenvalue weighted by Crippen LogP contribution is -2.28. The Morgan fingerprint density at radius 1 is 1.32 bits per heavy atom. The largest absolute Gasteiger partial charge is 0.356 e. The molecule has 1 aliphatic carbocycles. The smallest absolute Gasteiger partial charge is 0.135 e. The van der Waals surface area contributed by atoms with Crippen molar-refractivity contribution in [1.29, 1.82) is 0 Å². The predicted molar refractivity (Wildman–Crippen MR) is 82.4 cm³/mol. The van der Waals surface area contributed by atoms with E-state index < -0.39 is 0 Å². The van der Waals surface area contributed by atoms with Crippen molar-refractivity contribution < 1.29 is 0 Å². The van der Waals surface area contributed by atoms with E-state index in [-0.39, 0.29) is 0 Å². The second-order valence-corrected chi connectivity index (χ2v) is 8.22. The number of anilines is 1. The monoisotopic (exact) mass is 297 g/mol. The molecule has 0 unspecified atom stereocenters. The van der Waals surface area contributed by atoms with Gasteiger partial charge in [0, 0.05) is 35.6 Å². The van der Waals surface area contributed by atoms with E-state index in [0.717, 1.165) is 30.5 Å². The van der Waals surface area contributed by atoms with Crippen molar-refractivity contribution in [2.45, 2.75) is 43.8 Å². The highest BCUT2D eigenvalue weighted by Gasteiger charge is 2.29. The Balaban J connectivity index is 1.81. The zero-order chi connectivity index (χ0) is 13.5. The molecule has 1 aromatic rings. The van der Waals surface area contributed by atoms with Gasteiger partial charge in [0.2, 0.25) is 0 Å². The van der Waals surface area contributed by atoms with Gasteiger partial charge in [-0.1, -0.05) is 25.4 Å². The fraction of sp³-hybridized carbons (Fsp3) is 0.714. The standard InChI is InChI=1S/C14H20ClN3S/c1-14(2)5-6-18(7-8-19-14)12-9-11(15)16-13(17-12)10-3-4-10/h9-10H,3-8H2,1-2H3. The third-order valence-corrected chi connectivity index (χ3v) is 5.37. The van der Waals surface area contributed by atoms with Crippen LogP contribution in [0.2, 0.25) is 5.15 Å². The van der Waals surface area contributed by atoms with Crippen molar-refractivity contribution >= 4 is 29.2 Å². The fourth-order valence-electron chi connectivity index (χ4n) is 2.36. The van der Waals surface area contributed by atoms with Gasteiger partial charge < -0.3 is 4.90 Å². The highest BCUT2D eigenvalue weighted by Crippen LogP contribution is 2.39. The summed E-state index contributed by atoms with van der Waals surface area (Å²) in [5.41, 5.74) is 0. The number of halogens is 1. The van der Waals surface area contributed by atoms with Gasteiger partial charge >= 0.3 is 0 Å². The van der Waals surface area contributed by atoms with Crippen molar-refractivity contribution in [3.8, 4) is 0 Å². The molecular weight excluding hydrogens is 278 g/mol. The maximum atomic E-state index is 6.15. The van der Waals surface area contributed by atoms with Gasteiger partial charge in [-0.15, -0.1) is 0 Å². The Kier molecular flexibility index (Phi) is 3.65. The summed E-state index contributed by atoms with van der Waals surface area (Å²) < 4.78 is 0.366. The van der Waals surface area contributed by atoms with Crippen LogP contribution in [0.25, 0.3) is 0 Å². The molecular formula is C14H20ClN3S. The second kappa shape index (κ2) is 5.13. The van der Waals surface area contributed by atoms with Gasteiger partial charge in [-0.05, 0) is 19.3 Å². The minimum Gasteiger partial charge on any atom is -0.356 e. The van der Waals surface area contributed by atoms with E-state index in [2.05, 4.69) is 23.7 Å². The molecule has 0 aromatic carbocycles. The Hall–Kier alpha value is -0.480. The number of hydrogen-bond donors (Lipinski definition) is 0. The second-order valence-electron chi connectivity index (χ2n) is 6.03. The van der Waals surface area contributed by atoms with Crippen LogP contribution in [0, 0.1) is 0 Å². The quantitative estimate of drug-likeness (QED) is 0.778. The van der Waals surface area contributed by atoms with Crippen LogP contribution < -0.4 is 4.90 Å². The van der Waals surface area contributed by atoms with E-state index in [9.17, 15) is 0 Å². The normalized spacial score (nSPS) is 23.2. The minimum absolute atomic E-state index is 0.366. The molecule has 0 radical (unpaired) electrons. The Morgan fingerprint density at radius 2 is 2.11 bits per heavy atom. The number of aromatic nitrogens is 2. The summed E-state index contributed by atoms with van der Waals surface area (Å²) in [6, 6.07) is 1.91. The summed E-state index contributed by atoms with van der Waals surface area (Å²) in [7, 11) is 0. The van der Waals surface area contributed by atoms with Gasteiger partial charge in [0.1, 0.15) is 16.8 Å². The van der Waals surface area contributed by atoms with Gasteiger partial charge in [-0.2, -0.15) is 11.8 Å². The van der Waals surface area contributed by atoms with Crippen LogP contribution in [0.3, 0.4) is 0 Å². The molecule has 3 rings (SSSR count). The number of thioether (sulfide) groups is 1. The summed E-state index contributed by atoms with van der Waals surface area (Å²) in [5.74, 6) is 3.65. The molecule has 0 atom stereocenters. The van der Waals surface area contributed by atoms with Crippen LogP contribution in [0.15, 0.2) is 6.07 Å². The van der Waals surface area contributed by atoms with Gasteiger partial charge in [-0.25, -0.2) is 9.97 Å². The summed E-state index contributed by atoms with van der Waals surface area (Å²) in [4.78, 5) is 11.5. The Bertz CT molecular complexity index is 474. The zero-order valence-electron chi connectivity index (χ0n) is 11.5. The molecule has 104 valence electrons. The highest BCUT2D eigenvalue weighted by molar-refractivity contribution is 8.00. The minimum atomic E-state index is 0.366. The first-order valence-electron chi connectivity index (χ1n) is 6.97. The van der Waals surface area contributed by atoms with Crippen LogP contribution >= 0.6 is 23.4 Å². The summed E-state index contributed by atoms with van der Waals surface area (Å²) in [6.07, 6.45) is 3.60. The van der Waals surface area contributed by atoms with Crippen LogP contribution in [0.1, 0.15) is 44.9 Å². The molecule has 1 saturated heterocycles. The molecule has 1 saturated carbocycles. The van der Waals surface area contributed by atoms with E-state index in [1.807, 2.05) is 17.8 Å². The molecule has 0 N–H and O–H groups in total. The molecule has 19 heavy (non-hydrogen) atoms.